The average molecular weight is 749 g/mol. The highest BCUT2D eigenvalue weighted by Gasteiger charge is 2.54. The molecule has 0 saturated carbocycles. The van der Waals surface area contributed by atoms with Crippen molar-refractivity contribution >= 4 is 75.3 Å². The van der Waals surface area contributed by atoms with Gasteiger partial charge < -0.3 is 40.3 Å². The number of amides is 1. The van der Waals surface area contributed by atoms with Crippen LogP contribution in [0.15, 0.2) is 47.2 Å². The van der Waals surface area contributed by atoms with Crippen molar-refractivity contribution in [2.45, 2.75) is 30.8 Å². The van der Waals surface area contributed by atoms with E-state index in [0.29, 0.717) is 48.0 Å². The van der Waals surface area contributed by atoms with E-state index < -0.39 is 23.9 Å². The summed E-state index contributed by atoms with van der Waals surface area (Å²) in [5, 5.41) is 27.2. The number of carbonyl (C=O) groups excluding carboxylic acids is 1. The van der Waals surface area contributed by atoms with E-state index >= 15 is 0 Å². The van der Waals surface area contributed by atoms with Crippen LogP contribution in [0.4, 0.5) is 0 Å². The van der Waals surface area contributed by atoms with Crippen LogP contribution in [0.3, 0.4) is 0 Å². The third-order valence-corrected chi connectivity index (χ3v) is 7.48. The van der Waals surface area contributed by atoms with Crippen LogP contribution in [0.1, 0.15) is 24.5 Å². The van der Waals surface area contributed by atoms with Gasteiger partial charge in [0.2, 0.25) is 0 Å². The lowest BCUT2D eigenvalue weighted by Gasteiger charge is -2.27. The van der Waals surface area contributed by atoms with Crippen LogP contribution >= 0.6 is 63.7 Å². The van der Waals surface area contributed by atoms with Gasteiger partial charge >= 0.3 is 5.79 Å². The molecule has 0 radical (unpaired) electrons. The van der Waals surface area contributed by atoms with Gasteiger partial charge in [0.1, 0.15) is 17.8 Å². The molecule has 1 unspecified atom stereocenters. The lowest BCUT2D eigenvalue weighted by atomic mass is 10.0. The largest absolute Gasteiger partial charge is 0.495 e. The lowest BCUT2D eigenvalue weighted by molar-refractivity contribution is -0.225. The van der Waals surface area contributed by atoms with Crippen LogP contribution in [-0.2, 0) is 19.1 Å². The van der Waals surface area contributed by atoms with E-state index in [1.807, 2.05) is 0 Å². The number of methoxy groups -OCH3 is 1. The predicted octanol–water partition coefficient (Wildman–Crippen LogP) is 3.44. The zero-order chi connectivity index (χ0) is 25.8. The fourth-order valence-corrected chi connectivity index (χ4v) is 6.26. The van der Waals surface area contributed by atoms with Crippen molar-refractivity contribution < 1.29 is 34.1 Å². The number of hydrogen-bond donors (Lipinski definition) is 4. The van der Waals surface area contributed by atoms with Crippen molar-refractivity contribution in [2.75, 3.05) is 26.8 Å². The molecule has 14 heteroatoms. The minimum atomic E-state index is -1.60. The van der Waals surface area contributed by atoms with Gasteiger partial charge in [-0.2, -0.15) is 0 Å². The lowest BCUT2D eigenvalue weighted by Crippen LogP contribution is -2.49. The van der Waals surface area contributed by atoms with Gasteiger partial charge in [-0.05, 0) is 71.9 Å². The van der Waals surface area contributed by atoms with Crippen molar-refractivity contribution in [3.63, 3.8) is 0 Å². The number of aliphatic hydroxyl groups is 2. The summed E-state index contributed by atoms with van der Waals surface area (Å²) in [4.78, 5) is 18.0. The molecule has 1 aromatic carbocycles. The SMILES string of the molecule is COC1=C(Br)C[C@]2(OC=C1Br)ON=C(C(=O)NCCCOc1c(Br)cc(C(O)CN)cc1Br)[C@@H]2O. The number of halogens is 4. The zero-order valence-corrected chi connectivity index (χ0v) is 24.7. The maximum atomic E-state index is 12.6. The Kier molecular flexibility index (Phi) is 10.1. The second-order valence-electron chi connectivity index (χ2n) is 7.50. The fourth-order valence-electron chi connectivity index (χ4n) is 3.28. The number of nitrogens with one attached hydrogen (secondary N) is 1. The molecular weight excluding hydrogens is 726 g/mol. The van der Waals surface area contributed by atoms with Crippen LogP contribution in [0.5, 0.6) is 5.75 Å². The third kappa shape index (κ3) is 6.40. The van der Waals surface area contributed by atoms with Crippen molar-refractivity contribution in [3.8, 4) is 5.75 Å². The molecule has 0 saturated heterocycles. The molecule has 3 atom stereocenters. The molecule has 1 aromatic rings. The predicted molar refractivity (Wildman–Crippen MR) is 142 cm³/mol. The third-order valence-electron chi connectivity index (χ3n) is 5.12. The van der Waals surface area contributed by atoms with E-state index in [2.05, 4.69) is 74.2 Å². The summed E-state index contributed by atoms with van der Waals surface area (Å²) in [5.41, 5.74) is 5.96. The first kappa shape index (κ1) is 28.4. The second-order valence-corrected chi connectivity index (χ2v) is 11.0. The first-order valence-corrected chi connectivity index (χ1v) is 13.5. The highest BCUT2D eigenvalue weighted by atomic mass is 79.9. The molecule has 0 bridgehead atoms. The number of allylic oxidation sites excluding steroid dienone is 1. The van der Waals surface area contributed by atoms with Gasteiger partial charge in [0.05, 0.1) is 39.7 Å². The summed E-state index contributed by atoms with van der Waals surface area (Å²) >= 11 is 13.6. The molecule has 1 spiro atoms. The molecule has 5 N–H and O–H groups in total. The first-order chi connectivity index (χ1) is 16.6. The maximum Gasteiger partial charge on any atom is 0.311 e. The molecule has 0 fully saturated rings. The molecule has 35 heavy (non-hydrogen) atoms. The number of aliphatic hydroxyl groups excluding tert-OH is 2. The molecule has 2 aliphatic rings. The van der Waals surface area contributed by atoms with Gasteiger partial charge in [0.15, 0.2) is 11.8 Å². The van der Waals surface area contributed by atoms with Gasteiger partial charge in [0.25, 0.3) is 5.91 Å². The molecule has 192 valence electrons. The monoisotopic (exact) mass is 745 g/mol. The van der Waals surface area contributed by atoms with Crippen molar-refractivity contribution in [1.29, 1.82) is 0 Å². The molecule has 0 aliphatic carbocycles. The number of rotatable bonds is 9. The summed E-state index contributed by atoms with van der Waals surface area (Å²) in [7, 11) is 1.49. The minimum absolute atomic E-state index is 0.0575. The normalized spacial score (nSPS) is 22.6. The Bertz CT molecular complexity index is 1040. The van der Waals surface area contributed by atoms with E-state index in [0.717, 1.165) is 0 Å². The van der Waals surface area contributed by atoms with Crippen LogP contribution < -0.4 is 15.8 Å². The Morgan fingerprint density at radius 3 is 2.66 bits per heavy atom. The van der Waals surface area contributed by atoms with Crippen LogP contribution in [0, 0.1) is 0 Å². The van der Waals surface area contributed by atoms with Crippen molar-refractivity contribution in [2.24, 2.45) is 10.9 Å². The van der Waals surface area contributed by atoms with E-state index in [4.69, 9.17) is 24.8 Å². The molecular formula is C21H23Br4N3O7. The number of nitrogens with zero attached hydrogens (tertiary/aromatic N) is 1. The highest BCUT2D eigenvalue weighted by molar-refractivity contribution is 9.12. The zero-order valence-electron chi connectivity index (χ0n) is 18.4. The quantitative estimate of drug-likeness (QED) is 0.282. The first-order valence-electron chi connectivity index (χ1n) is 10.3. The van der Waals surface area contributed by atoms with Crippen molar-refractivity contribution in [1.82, 2.24) is 5.32 Å². The van der Waals surface area contributed by atoms with E-state index in [-0.39, 0.29) is 25.2 Å². The van der Waals surface area contributed by atoms with E-state index in [1.165, 1.54) is 13.4 Å². The summed E-state index contributed by atoms with van der Waals surface area (Å²) in [6.45, 7) is 0.666. The summed E-state index contributed by atoms with van der Waals surface area (Å²) in [6.07, 6.45) is -0.353. The highest BCUT2D eigenvalue weighted by Crippen LogP contribution is 2.41. The Labute approximate surface area is 235 Å². The molecule has 1 amide bonds. The maximum absolute atomic E-state index is 12.6. The molecule has 10 nitrogen and oxygen atoms in total. The number of nitrogens with two attached hydrogens (primary N) is 1. The average Bonchev–Trinajstić information content (AvgIpc) is 3.07. The van der Waals surface area contributed by atoms with Gasteiger partial charge in [-0.1, -0.05) is 21.1 Å². The Balaban J connectivity index is 1.51. The minimum Gasteiger partial charge on any atom is -0.495 e. The summed E-state index contributed by atoms with van der Waals surface area (Å²) in [6, 6.07) is 3.47. The van der Waals surface area contributed by atoms with Gasteiger partial charge in [-0.25, -0.2) is 0 Å². The van der Waals surface area contributed by atoms with E-state index in [9.17, 15) is 15.0 Å². The second kappa shape index (κ2) is 12.4. The number of hydrogen-bond acceptors (Lipinski definition) is 9. The number of carbonyl (C=O) groups is 1. The topological polar surface area (TPSA) is 145 Å². The molecule has 2 aliphatic heterocycles. The Hall–Kier alpha value is -1.16. The Morgan fingerprint density at radius 2 is 2.03 bits per heavy atom. The van der Waals surface area contributed by atoms with E-state index in [1.54, 1.807) is 12.1 Å². The van der Waals surface area contributed by atoms with Gasteiger partial charge in [-0.3, -0.25) is 4.79 Å². The number of ether oxygens (including phenoxy) is 3. The van der Waals surface area contributed by atoms with Crippen molar-refractivity contribution in [3.05, 3.63) is 47.6 Å². The van der Waals surface area contributed by atoms with Gasteiger partial charge in [0, 0.05) is 17.6 Å². The number of benzene rings is 1. The smallest absolute Gasteiger partial charge is 0.311 e. The van der Waals surface area contributed by atoms with Crippen LogP contribution in [-0.4, -0.2) is 60.5 Å². The number of oxime groups is 1. The molecule has 2 heterocycles. The summed E-state index contributed by atoms with van der Waals surface area (Å²) in [5.74, 6) is -1.15. The fraction of sp³-hybridized carbons (Fsp3) is 0.429. The molecule has 3 rings (SSSR count). The standard InChI is InChI=1S/C21H23Br4N3O7/c1-32-17-13(24)7-21(34-9-14(17)25)19(30)16(28-35-21)20(31)27-3-2-4-33-18-11(22)5-10(6-12(18)23)15(29)8-26/h5-6,9,15,19,29-30H,2-4,7-8,26H2,1H3,(H,27,31)/t15?,19-,21-/m0/s1. The summed E-state index contributed by atoms with van der Waals surface area (Å²) < 4.78 is 19.1. The Morgan fingerprint density at radius 1 is 1.34 bits per heavy atom. The van der Waals surface area contributed by atoms with Crippen LogP contribution in [0.25, 0.3) is 0 Å². The van der Waals surface area contributed by atoms with Gasteiger partial charge in [-0.15, -0.1) is 0 Å². The van der Waals surface area contributed by atoms with Crippen LogP contribution in [0.2, 0.25) is 0 Å². The molecule has 0 aromatic heterocycles.